The van der Waals surface area contributed by atoms with Crippen LogP contribution in [0.5, 0.6) is 5.75 Å². The molecule has 1 heterocycles. The number of carbonyl (C=O) groups is 1. The summed E-state index contributed by atoms with van der Waals surface area (Å²) in [6, 6.07) is 4.25. The SMILES string of the molecule is CSc1nc(C)c(CCC(=O)Oc2ccc([N+](=O)[O-])c(C)c2)c(C)n1. The van der Waals surface area contributed by atoms with Gasteiger partial charge in [0.25, 0.3) is 5.69 Å². The number of hydrogen-bond donors (Lipinski definition) is 0. The molecule has 1 aromatic heterocycles. The second kappa shape index (κ2) is 8.06. The van der Waals surface area contributed by atoms with Gasteiger partial charge in [0.15, 0.2) is 5.16 Å². The number of benzene rings is 1. The molecule has 0 aliphatic rings. The molecule has 0 N–H and O–H groups in total. The molecule has 7 nitrogen and oxygen atoms in total. The fraction of sp³-hybridized carbons (Fsp3) is 0.353. The third-order valence-electron chi connectivity index (χ3n) is 3.76. The van der Waals surface area contributed by atoms with Gasteiger partial charge in [-0.3, -0.25) is 14.9 Å². The molecular formula is C17H19N3O4S. The fourth-order valence-corrected chi connectivity index (χ4v) is 2.92. The highest BCUT2D eigenvalue weighted by molar-refractivity contribution is 7.98. The van der Waals surface area contributed by atoms with E-state index >= 15 is 0 Å². The lowest BCUT2D eigenvalue weighted by Gasteiger charge is -2.10. The molecule has 0 bridgehead atoms. The van der Waals surface area contributed by atoms with Crippen LogP contribution in [-0.4, -0.2) is 27.1 Å². The summed E-state index contributed by atoms with van der Waals surface area (Å²) in [6.45, 7) is 5.40. The number of nitrogens with zero attached hydrogens (tertiary/aromatic N) is 3. The van der Waals surface area contributed by atoms with Crippen molar-refractivity contribution in [2.75, 3.05) is 6.26 Å². The number of carbonyl (C=O) groups excluding carboxylic acids is 1. The molecule has 0 fully saturated rings. The molecule has 0 aliphatic heterocycles. The number of esters is 1. The molecule has 2 aromatic rings. The van der Waals surface area contributed by atoms with Gasteiger partial charge in [-0.15, -0.1) is 0 Å². The van der Waals surface area contributed by atoms with E-state index < -0.39 is 10.9 Å². The summed E-state index contributed by atoms with van der Waals surface area (Å²) in [7, 11) is 0. The minimum atomic E-state index is -0.468. The van der Waals surface area contributed by atoms with Crippen molar-refractivity contribution >= 4 is 23.4 Å². The van der Waals surface area contributed by atoms with Gasteiger partial charge in [0.1, 0.15) is 5.75 Å². The standard InChI is InChI=1S/C17H19N3O4S/c1-10-9-13(5-7-15(10)20(22)23)24-16(21)8-6-14-11(2)18-17(25-4)19-12(14)3/h5,7,9H,6,8H2,1-4H3. The van der Waals surface area contributed by atoms with Crippen molar-refractivity contribution in [3.63, 3.8) is 0 Å². The molecule has 0 unspecified atom stereocenters. The third kappa shape index (κ3) is 4.76. The van der Waals surface area contributed by atoms with E-state index in [1.807, 2.05) is 20.1 Å². The number of nitro benzene ring substituents is 1. The number of aryl methyl sites for hydroxylation is 3. The Labute approximate surface area is 150 Å². The molecule has 0 radical (unpaired) electrons. The van der Waals surface area contributed by atoms with Crippen molar-refractivity contribution in [1.82, 2.24) is 9.97 Å². The Bertz CT molecular complexity index is 801. The highest BCUT2D eigenvalue weighted by Gasteiger charge is 2.14. The molecule has 0 spiro atoms. The maximum Gasteiger partial charge on any atom is 0.311 e. The van der Waals surface area contributed by atoms with E-state index in [9.17, 15) is 14.9 Å². The molecule has 2 rings (SSSR count). The second-order valence-electron chi connectivity index (χ2n) is 5.54. The Morgan fingerprint density at radius 3 is 2.40 bits per heavy atom. The van der Waals surface area contributed by atoms with Crippen LogP contribution in [0.4, 0.5) is 5.69 Å². The molecule has 0 saturated carbocycles. The summed E-state index contributed by atoms with van der Waals surface area (Å²) in [4.78, 5) is 31.2. The van der Waals surface area contributed by atoms with Gasteiger partial charge >= 0.3 is 5.97 Å². The zero-order valence-electron chi connectivity index (χ0n) is 14.5. The van der Waals surface area contributed by atoms with Gasteiger partial charge < -0.3 is 4.74 Å². The van der Waals surface area contributed by atoms with Gasteiger partial charge in [0.05, 0.1) is 11.3 Å². The van der Waals surface area contributed by atoms with E-state index in [1.165, 1.54) is 30.0 Å². The Balaban J connectivity index is 2.02. The molecule has 132 valence electrons. The first-order valence-corrected chi connectivity index (χ1v) is 8.88. The topological polar surface area (TPSA) is 95.2 Å². The van der Waals surface area contributed by atoms with Gasteiger partial charge in [-0.25, -0.2) is 9.97 Å². The highest BCUT2D eigenvalue weighted by Crippen LogP contribution is 2.23. The van der Waals surface area contributed by atoms with E-state index in [0.29, 0.717) is 22.9 Å². The number of rotatable bonds is 6. The van der Waals surface area contributed by atoms with Crippen molar-refractivity contribution in [2.24, 2.45) is 0 Å². The van der Waals surface area contributed by atoms with Crippen LogP contribution in [-0.2, 0) is 11.2 Å². The lowest BCUT2D eigenvalue weighted by atomic mass is 10.1. The van der Waals surface area contributed by atoms with Crippen LogP contribution in [0.2, 0.25) is 0 Å². The molecule has 0 aliphatic carbocycles. The molecule has 1 aromatic carbocycles. The molecule has 25 heavy (non-hydrogen) atoms. The van der Waals surface area contributed by atoms with Crippen molar-refractivity contribution in [3.05, 3.63) is 50.8 Å². The first-order valence-electron chi connectivity index (χ1n) is 7.65. The molecule has 0 saturated heterocycles. The maximum absolute atomic E-state index is 12.1. The van der Waals surface area contributed by atoms with Crippen molar-refractivity contribution in [2.45, 2.75) is 38.8 Å². The van der Waals surface area contributed by atoms with Gasteiger partial charge in [0, 0.05) is 23.0 Å². The summed E-state index contributed by atoms with van der Waals surface area (Å²) >= 11 is 1.47. The van der Waals surface area contributed by atoms with E-state index in [-0.39, 0.29) is 12.1 Å². The predicted octanol–water partition coefficient (Wildman–Crippen LogP) is 3.57. The monoisotopic (exact) mass is 361 g/mol. The first kappa shape index (κ1) is 18.9. The second-order valence-corrected chi connectivity index (χ2v) is 6.31. The predicted molar refractivity (Wildman–Crippen MR) is 95.1 cm³/mol. The highest BCUT2D eigenvalue weighted by atomic mass is 32.2. The quantitative estimate of drug-likeness (QED) is 0.194. The van der Waals surface area contributed by atoms with Crippen LogP contribution in [0.1, 0.15) is 28.9 Å². The number of nitro groups is 1. The van der Waals surface area contributed by atoms with Gasteiger partial charge in [-0.05, 0) is 51.1 Å². The lowest BCUT2D eigenvalue weighted by Crippen LogP contribution is -2.11. The zero-order valence-corrected chi connectivity index (χ0v) is 15.3. The van der Waals surface area contributed by atoms with Crippen molar-refractivity contribution in [3.8, 4) is 5.75 Å². The lowest BCUT2D eigenvalue weighted by molar-refractivity contribution is -0.385. The van der Waals surface area contributed by atoms with Crippen LogP contribution in [0.25, 0.3) is 0 Å². The number of thioether (sulfide) groups is 1. The van der Waals surface area contributed by atoms with Crippen LogP contribution >= 0.6 is 11.8 Å². The Morgan fingerprint density at radius 1 is 1.24 bits per heavy atom. The summed E-state index contributed by atoms with van der Waals surface area (Å²) in [5, 5.41) is 11.5. The minimum absolute atomic E-state index is 0.00270. The maximum atomic E-state index is 12.1. The zero-order chi connectivity index (χ0) is 18.6. The van der Waals surface area contributed by atoms with Gasteiger partial charge in [-0.2, -0.15) is 0 Å². The largest absolute Gasteiger partial charge is 0.427 e. The first-order chi connectivity index (χ1) is 11.8. The number of ether oxygens (including phenoxy) is 1. The Morgan fingerprint density at radius 2 is 1.88 bits per heavy atom. The molecule has 8 heteroatoms. The third-order valence-corrected chi connectivity index (χ3v) is 4.31. The summed E-state index contributed by atoms with van der Waals surface area (Å²) < 4.78 is 5.27. The van der Waals surface area contributed by atoms with E-state index in [1.54, 1.807) is 6.92 Å². The van der Waals surface area contributed by atoms with Crippen LogP contribution in [0.15, 0.2) is 23.4 Å². The van der Waals surface area contributed by atoms with Crippen molar-refractivity contribution in [1.29, 1.82) is 0 Å². The molecular weight excluding hydrogens is 342 g/mol. The Hall–Kier alpha value is -2.48. The van der Waals surface area contributed by atoms with Crippen LogP contribution < -0.4 is 4.74 Å². The van der Waals surface area contributed by atoms with E-state index in [2.05, 4.69) is 9.97 Å². The molecule has 0 amide bonds. The average molecular weight is 361 g/mol. The van der Waals surface area contributed by atoms with Crippen LogP contribution in [0.3, 0.4) is 0 Å². The minimum Gasteiger partial charge on any atom is -0.427 e. The normalized spacial score (nSPS) is 10.6. The van der Waals surface area contributed by atoms with Gasteiger partial charge in [0.2, 0.25) is 0 Å². The number of aromatic nitrogens is 2. The van der Waals surface area contributed by atoms with Gasteiger partial charge in [-0.1, -0.05) is 11.8 Å². The van der Waals surface area contributed by atoms with E-state index in [4.69, 9.17) is 4.74 Å². The van der Waals surface area contributed by atoms with E-state index in [0.717, 1.165) is 17.0 Å². The average Bonchev–Trinajstić information content (AvgIpc) is 2.53. The Kier molecular flexibility index (Phi) is 6.08. The summed E-state index contributed by atoms with van der Waals surface area (Å²) in [5.74, 6) is -0.100. The fourth-order valence-electron chi connectivity index (χ4n) is 2.47. The van der Waals surface area contributed by atoms with Crippen LogP contribution in [0, 0.1) is 30.9 Å². The smallest absolute Gasteiger partial charge is 0.311 e. The summed E-state index contributed by atoms with van der Waals surface area (Å²) in [5.41, 5.74) is 3.10. The number of hydrogen-bond acceptors (Lipinski definition) is 7. The van der Waals surface area contributed by atoms with Crippen molar-refractivity contribution < 1.29 is 14.5 Å². The summed E-state index contributed by atoms with van der Waals surface area (Å²) in [6.07, 6.45) is 2.58. The molecule has 0 atom stereocenters.